The third-order valence-electron chi connectivity index (χ3n) is 8.98. The quantitative estimate of drug-likeness (QED) is 0.0844. The summed E-state index contributed by atoms with van der Waals surface area (Å²) in [6, 6.07) is 20.8. The minimum absolute atomic E-state index is 0.487. The predicted octanol–water partition coefficient (Wildman–Crippen LogP) is 9.64. The Labute approximate surface area is 283 Å². The van der Waals surface area contributed by atoms with Crippen LogP contribution in [0.25, 0.3) is 22.4 Å². The van der Waals surface area contributed by atoms with Crippen LogP contribution in [0.4, 0.5) is 0 Å². The first-order chi connectivity index (χ1) is 22.9. The van der Waals surface area contributed by atoms with Crippen LogP contribution in [0.15, 0.2) is 60.7 Å². The second-order valence-electron chi connectivity index (χ2n) is 12.5. The molecule has 0 aliphatic rings. The molecule has 0 radical (unpaired) electrons. The van der Waals surface area contributed by atoms with Gasteiger partial charge in [-0.3, -0.25) is 0 Å². The Balaban J connectivity index is 1.63. The summed E-state index contributed by atoms with van der Waals surface area (Å²) in [5.41, 5.74) is 4.30. The van der Waals surface area contributed by atoms with Gasteiger partial charge in [-0.05, 0) is 93.3 Å². The van der Waals surface area contributed by atoms with Crippen LogP contribution in [0, 0.1) is 0 Å². The molecule has 256 valence electrons. The fraction of sp³-hybridized carbons (Fsp3) is 0.525. The van der Waals surface area contributed by atoms with E-state index in [0.29, 0.717) is 19.1 Å². The third kappa shape index (κ3) is 10.2. The fourth-order valence-corrected chi connectivity index (χ4v) is 5.90. The van der Waals surface area contributed by atoms with E-state index >= 15 is 0 Å². The Kier molecular flexibility index (Phi) is 14.4. The Hall–Kier alpha value is -3.55. The lowest BCUT2D eigenvalue weighted by Crippen LogP contribution is -2.25. The zero-order valence-electron chi connectivity index (χ0n) is 30.1. The van der Waals surface area contributed by atoms with E-state index in [9.17, 15) is 0 Å². The molecule has 0 saturated carbocycles. The summed E-state index contributed by atoms with van der Waals surface area (Å²) in [6.45, 7) is 23.9. The van der Waals surface area contributed by atoms with Gasteiger partial charge in [0.15, 0.2) is 0 Å². The van der Waals surface area contributed by atoms with E-state index in [0.717, 1.165) is 117 Å². The maximum Gasteiger partial charge on any atom is 0.144 e. The summed E-state index contributed by atoms with van der Waals surface area (Å²) < 4.78 is 21.4. The number of aromatic nitrogens is 2. The van der Waals surface area contributed by atoms with Crippen molar-refractivity contribution >= 4 is 11.0 Å². The Morgan fingerprint density at radius 1 is 0.681 bits per heavy atom. The van der Waals surface area contributed by atoms with Crippen LogP contribution in [-0.2, 0) is 6.54 Å². The number of fused-ring (bicyclic) bond motifs is 1. The van der Waals surface area contributed by atoms with Gasteiger partial charge < -0.3 is 28.6 Å². The highest BCUT2D eigenvalue weighted by atomic mass is 16.5. The number of rotatable bonds is 21. The minimum atomic E-state index is 0.487. The predicted molar refractivity (Wildman–Crippen MR) is 196 cm³/mol. The van der Waals surface area contributed by atoms with Gasteiger partial charge >= 0.3 is 0 Å². The lowest BCUT2D eigenvalue weighted by molar-refractivity contribution is 0.243. The molecule has 0 saturated heterocycles. The molecule has 7 nitrogen and oxygen atoms in total. The van der Waals surface area contributed by atoms with Gasteiger partial charge in [-0.15, -0.1) is 0 Å². The first kappa shape index (κ1) is 36.3. The monoisotopic (exact) mass is 642 g/mol. The highest BCUT2D eigenvalue weighted by Crippen LogP contribution is 2.37. The summed E-state index contributed by atoms with van der Waals surface area (Å²) >= 11 is 0. The van der Waals surface area contributed by atoms with Crippen molar-refractivity contribution in [3.63, 3.8) is 0 Å². The summed E-state index contributed by atoms with van der Waals surface area (Å²) in [5, 5.41) is 0. The van der Waals surface area contributed by atoms with Crippen LogP contribution in [0.5, 0.6) is 23.0 Å². The summed E-state index contributed by atoms with van der Waals surface area (Å²) in [6.07, 6.45) is 4.09. The molecule has 4 rings (SSSR count). The molecule has 0 amide bonds. The number of hydrogen-bond acceptors (Lipinski definition) is 6. The summed E-state index contributed by atoms with van der Waals surface area (Å²) in [7, 11) is 0. The molecule has 0 bridgehead atoms. The maximum absolute atomic E-state index is 6.54. The van der Waals surface area contributed by atoms with Gasteiger partial charge in [-0.2, -0.15) is 0 Å². The van der Waals surface area contributed by atoms with Gasteiger partial charge in [-0.1, -0.05) is 67.0 Å². The van der Waals surface area contributed by atoms with Crippen molar-refractivity contribution in [1.29, 1.82) is 0 Å². The molecule has 0 spiro atoms. The molecule has 0 N–H and O–H groups in total. The van der Waals surface area contributed by atoms with Gasteiger partial charge in [0, 0.05) is 31.8 Å². The maximum atomic E-state index is 6.54. The van der Waals surface area contributed by atoms with E-state index in [-0.39, 0.29) is 0 Å². The van der Waals surface area contributed by atoms with Crippen molar-refractivity contribution in [3.8, 4) is 34.4 Å². The third-order valence-corrected chi connectivity index (χ3v) is 8.98. The molecule has 0 unspecified atom stereocenters. The lowest BCUT2D eigenvalue weighted by atomic mass is 10.0. The first-order valence-electron chi connectivity index (χ1n) is 18.0. The highest BCUT2D eigenvalue weighted by Gasteiger charge is 2.19. The SMILES string of the molecule is CCCCn1c(-c2ccc(OCCCN(CC)CC)cc2OCCCN(CC)CC)nc2ccc(Oc3ccc(C(C)C)cc3)cc21. The molecule has 4 aromatic rings. The number of unbranched alkanes of at least 4 members (excludes halogenated alkanes) is 1. The van der Waals surface area contributed by atoms with E-state index in [4.69, 9.17) is 19.2 Å². The smallest absolute Gasteiger partial charge is 0.144 e. The van der Waals surface area contributed by atoms with Crippen molar-refractivity contribution in [2.45, 2.75) is 86.6 Å². The molecule has 1 aromatic heterocycles. The van der Waals surface area contributed by atoms with Crippen LogP contribution < -0.4 is 14.2 Å². The van der Waals surface area contributed by atoms with Crippen molar-refractivity contribution < 1.29 is 14.2 Å². The molecule has 0 aliphatic carbocycles. The van der Waals surface area contributed by atoms with Crippen molar-refractivity contribution in [1.82, 2.24) is 19.4 Å². The van der Waals surface area contributed by atoms with Gasteiger partial charge in [0.1, 0.15) is 28.8 Å². The first-order valence-corrected chi connectivity index (χ1v) is 18.0. The standard InChI is InChI=1S/C40H58N4O3/c1-8-13-26-44-38-29-35(47-33-18-16-32(17-19-33)31(6)7)21-23-37(38)41-40(44)36-22-20-34(45-27-14-24-42(9-2)10-3)30-39(36)46-28-15-25-43(11-4)12-5/h16-23,29-31H,8-15,24-28H2,1-7H3. The molecule has 7 heteroatoms. The normalized spacial score (nSPS) is 11.7. The van der Waals surface area contributed by atoms with E-state index in [2.05, 4.69) is 117 Å². The lowest BCUT2D eigenvalue weighted by Gasteiger charge is -2.19. The number of imidazole rings is 1. The molecule has 3 aromatic carbocycles. The Morgan fingerprint density at radius 3 is 1.91 bits per heavy atom. The zero-order chi connectivity index (χ0) is 33.6. The van der Waals surface area contributed by atoms with Gasteiger partial charge in [0.05, 0.1) is 29.8 Å². The molecular formula is C40H58N4O3. The van der Waals surface area contributed by atoms with Crippen molar-refractivity contribution in [2.75, 3.05) is 52.5 Å². The molecule has 47 heavy (non-hydrogen) atoms. The fourth-order valence-electron chi connectivity index (χ4n) is 5.90. The molecular weight excluding hydrogens is 584 g/mol. The average Bonchev–Trinajstić information content (AvgIpc) is 3.45. The molecule has 0 fully saturated rings. The Morgan fingerprint density at radius 2 is 1.30 bits per heavy atom. The van der Waals surface area contributed by atoms with E-state index in [1.165, 1.54) is 5.56 Å². The van der Waals surface area contributed by atoms with Gasteiger partial charge in [0.2, 0.25) is 0 Å². The second-order valence-corrected chi connectivity index (χ2v) is 12.5. The molecule has 0 atom stereocenters. The van der Waals surface area contributed by atoms with Crippen LogP contribution >= 0.6 is 0 Å². The van der Waals surface area contributed by atoms with Gasteiger partial charge in [0.25, 0.3) is 0 Å². The number of hydrogen-bond donors (Lipinski definition) is 0. The van der Waals surface area contributed by atoms with Crippen LogP contribution in [0.1, 0.15) is 85.6 Å². The minimum Gasteiger partial charge on any atom is -0.493 e. The van der Waals surface area contributed by atoms with Crippen LogP contribution in [0.2, 0.25) is 0 Å². The largest absolute Gasteiger partial charge is 0.493 e. The molecule has 0 aliphatic heterocycles. The Bertz CT molecular complexity index is 1490. The van der Waals surface area contributed by atoms with E-state index in [1.54, 1.807) is 0 Å². The number of nitrogens with zero attached hydrogens (tertiary/aromatic N) is 4. The second kappa shape index (κ2) is 18.7. The van der Waals surface area contributed by atoms with Crippen LogP contribution in [0.3, 0.4) is 0 Å². The van der Waals surface area contributed by atoms with E-state index < -0.39 is 0 Å². The zero-order valence-corrected chi connectivity index (χ0v) is 30.1. The molecule has 1 heterocycles. The van der Waals surface area contributed by atoms with Crippen molar-refractivity contribution in [2.24, 2.45) is 0 Å². The number of ether oxygens (including phenoxy) is 3. The number of aryl methyl sites for hydroxylation is 1. The van der Waals surface area contributed by atoms with Crippen molar-refractivity contribution in [3.05, 3.63) is 66.2 Å². The van der Waals surface area contributed by atoms with Crippen LogP contribution in [-0.4, -0.2) is 71.8 Å². The summed E-state index contributed by atoms with van der Waals surface area (Å²) in [4.78, 5) is 10.0. The number of benzene rings is 3. The average molecular weight is 643 g/mol. The topological polar surface area (TPSA) is 52.0 Å². The summed E-state index contributed by atoms with van der Waals surface area (Å²) in [5.74, 6) is 4.70. The van der Waals surface area contributed by atoms with Gasteiger partial charge in [-0.25, -0.2) is 4.98 Å². The highest BCUT2D eigenvalue weighted by molar-refractivity contribution is 5.83. The van der Waals surface area contributed by atoms with E-state index in [1.807, 2.05) is 6.07 Å².